The van der Waals surface area contributed by atoms with Gasteiger partial charge in [0.15, 0.2) is 5.78 Å². The Morgan fingerprint density at radius 2 is 2.12 bits per heavy atom. The first-order valence-corrected chi connectivity index (χ1v) is 4.87. The molecule has 1 rings (SSSR count). The summed E-state index contributed by atoms with van der Waals surface area (Å²) in [6, 6.07) is 3.42. The summed E-state index contributed by atoms with van der Waals surface area (Å²) in [6.45, 7) is 0. The number of rotatable bonds is 4. The highest BCUT2D eigenvalue weighted by Crippen LogP contribution is 2.23. The van der Waals surface area contributed by atoms with Crippen LogP contribution in [0.15, 0.2) is 18.2 Å². The number of nitrogens with zero attached hydrogens (tertiary/aromatic N) is 1. The molecule has 0 heterocycles. The Kier molecular flexibility index (Phi) is 4.17. The molecule has 7 heteroatoms. The maximum absolute atomic E-state index is 11.6. The van der Waals surface area contributed by atoms with Gasteiger partial charge in [-0.1, -0.05) is 11.6 Å². The summed E-state index contributed by atoms with van der Waals surface area (Å²) in [5, 5.41) is 10.4. The van der Waals surface area contributed by atoms with Crippen LogP contribution in [-0.4, -0.2) is 23.8 Å². The van der Waals surface area contributed by atoms with E-state index in [9.17, 15) is 19.7 Å². The predicted octanol–water partition coefficient (Wildman–Crippen LogP) is 1.99. The molecular weight excluding hydrogens is 250 g/mol. The van der Waals surface area contributed by atoms with Gasteiger partial charge < -0.3 is 4.74 Å². The lowest BCUT2D eigenvalue weighted by Crippen LogP contribution is -2.10. The van der Waals surface area contributed by atoms with Gasteiger partial charge in [-0.2, -0.15) is 0 Å². The summed E-state index contributed by atoms with van der Waals surface area (Å²) in [5.41, 5.74) is -0.160. The number of hydrogen-bond donors (Lipinski definition) is 0. The number of methoxy groups -OCH3 is 1. The average Bonchev–Trinajstić information content (AvgIpc) is 2.28. The van der Waals surface area contributed by atoms with Gasteiger partial charge in [0.1, 0.15) is 6.42 Å². The molecule has 0 saturated heterocycles. The maximum Gasteiger partial charge on any atom is 0.313 e. The molecule has 90 valence electrons. The first kappa shape index (κ1) is 13.1. The van der Waals surface area contributed by atoms with E-state index in [0.717, 1.165) is 19.2 Å². The Balaban J connectivity index is 2.96. The molecule has 0 aliphatic heterocycles. The van der Waals surface area contributed by atoms with E-state index in [2.05, 4.69) is 4.74 Å². The number of Topliss-reactive ketones (excluding diaryl/α,β-unsaturated/α-hetero) is 1. The van der Waals surface area contributed by atoms with Crippen LogP contribution in [0, 0.1) is 10.1 Å². The Morgan fingerprint density at radius 1 is 1.47 bits per heavy atom. The number of ether oxygens (including phenoxy) is 1. The highest BCUT2D eigenvalue weighted by atomic mass is 35.5. The van der Waals surface area contributed by atoms with Gasteiger partial charge in [0.25, 0.3) is 5.69 Å². The number of carbonyl (C=O) groups excluding carboxylic acids is 2. The molecule has 1 aromatic rings. The maximum atomic E-state index is 11.6. The molecule has 0 amide bonds. The zero-order valence-corrected chi connectivity index (χ0v) is 9.56. The van der Waals surface area contributed by atoms with E-state index in [1.165, 1.54) is 6.07 Å². The van der Waals surface area contributed by atoms with Gasteiger partial charge in [-0.3, -0.25) is 19.7 Å². The molecule has 0 saturated carbocycles. The van der Waals surface area contributed by atoms with Crippen LogP contribution >= 0.6 is 11.6 Å². The monoisotopic (exact) mass is 257 g/mol. The SMILES string of the molecule is COC(=O)CC(=O)c1ccc([N+](=O)[O-])cc1Cl. The van der Waals surface area contributed by atoms with Crippen LogP contribution in [0.2, 0.25) is 5.02 Å². The smallest absolute Gasteiger partial charge is 0.313 e. The molecule has 0 atom stereocenters. The van der Waals surface area contributed by atoms with E-state index < -0.39 is 23.1 Å². The lowest BCUT2D eigenvalue weighted by Gasteiger charge is -2.02. The minimum atomic E-state index is -0.690. The molecule has 1 aromatic carbocycles. The molecule has 0 aliphatic rings. The van der Waals surface area contributed by atoms with E-state index in [-0.39, 0.29) is 16.3 Å². The zero-order valence-electron chi connectivity index (χ0n) is 8.81. The van der Waals surface area contributed by atoms with Gasteiger partial charge in [-0.05, 0) is 6.07 Å². The number of benzene rings is 1. The van der Waals surface area contributed by atoms with Gasteiger partial charge in [0, 0.05) is 17.7 Å². The molecule has 0 aromatic heterocycles. The van der Waals surface area contributed by atoms with Crippen molar-refractivity contribution in [2.24, 2.45) is 0 Å². The van der Waals surface area contributed by atoms with E-state index in [1.54, 1.807) is 0 Å². The minimum absolute atomic E-state index is 0.0580. The van der Waals surface area contributed by atoms with Crippen LogP contribution in [0.4, 0.5) is 5.69 Å². The van der Waals surface area contributed by atoms with Crippen molar-refractivity contribution in [1.82, 2.24) is 0 Å². The molecule has 0 fully saturated rings. The normalized spacial score (nSPS) is 9.76. The Hall–Kier alpha value is -1.95. The highest BCUT2D eigenvalue weighted by molar-refractivity contribution is 6.34. The Labute approximate surface area is 101 Å². The fourth-order valence-electron chi connectivity index (χ4n) is 1.14. The second-order valence-electron chi connectivity index (χ2n) is 3.10. The van der Waals surface area contributed by atoms with Crippen molar-refractivity contribution in [3.05, 3.63) is 38.9 Å². The lowest BCUT2D eigenvalue weighted by atomic mass is 10.1. The second kappa shape index (κ2) is 5.40. The molecule has 0 unspecified atom stereocenters. The van der Waals surface area contributed by atoms with Crippen molar-refractivity contribution in [3.63, 3.8) is 0 Å². The van der Waals surface area contributed by atoms with E-state index >= 15 is 0 Å². The van der Waals surface area contributed by atoms with Crippen LogP contribution in [0.3, 0.4) is 0 Å². The molecule has 0 N–H and O–H groups in total. The number of esters is 1. The van der Waals surface area contributed by atoms with Crippen molar-refractivity contribution in [2.75, 3.05) is 7.11 Å². The molecule has 0 aliphatic carbocycles. The second-order valence-corrected chi connectivity index (χ2v) is 3.50. The summed E-state index contributed by atoms with van der Waals surface area (Å²) in [5.74, 6) is -1.24. The van der Waals surface area contributed by atoms with Crippen molar-refractivity contribution in [1.29, 1.82) is 0 Å². The quantitative estimate of drug-likeness (QED) is 0.271. The number of halogens is 1. The Bertz CT molecular complexity index is 486. The predicted molar refractivity (Wildman–Crippen MR) is 59.1 cm³/mol. The average molecular weight is 258 g/mol. The first-order chi connectivity index (χ1) is 7.95. The number of nitro benzene ring substituents is 1. The third kappa shape index (κ3) is 3.25. The van der Waals surface area contributed by atoms with E-state index in [4.69, 9.17) is 11.6 Å². The summed E-state index contributed by atoms with van der Waals surface area (Å²) >= 11 is 5.72. The number of non-ortho nitro benzene ring substituents is 1. The van der Waals surface area contributed by atoms with Crippen molar-refractivity contribution in [3.8, 4) is 0 Å². The van der Waals surface area contributed by atoms with Crippen LogP contribution in [0.25, 0.3) is 0 Å². The van der Waals surface area contributed by atoms with Crippen LogP contribution in [0.5, 0.6) is 0 Å². The number of hydrogen-bond acceptors (Lipinski definition) is 5. The highest BCUT2D eigenvalue weighted by Gasteiger charge is 2.17. The van der Waals surface area contributed by atoms with Crippen molar-refractivity contribution < 1.29 is 19.2 Å². The third-order valence-electron chi connectivity index (χ3n) is 2.00. The molecule has 0 spiro atoms. The minimum Gasteiger partial charge on any atom is -0.469 e. The van der Waals surface area contributed by atoms with Gasteiger partial charge >= 0.3 is 5.97 Å². The van der Waals surface area contributed by atoms with Gasteiger partial charge in [0.2, 0.25) is 0 Å². The van der Waals surface area contributed by atoms with E-state index in [0.29, 0.717) is 0 Å². The van der Waals surface area contributed by atoms with Crippen LogP contribution in [0.1, 0.15) is 16.8 Å². The summed E-state index contributed by atoms with van der Waals surface area (Å²) in [4.78, 5) is 32.3. The fourth-order valence-corrected chi connectivity index (χ4v) is 1.42. The summed E-state index contributed by atoms with van der Waals surface area (Å²) in [6.07, 6.45) is -0.450. The Morgan fingerprint density at radius 3 is 2.59 bits per heavy atom. The fraction of sp³-hybridized carbons (Fsp3) is 0.200. The summed E-state index contributed by atoms with van der Waals surface area (Å²) in [7, 11) is 1.16. The van der Waals surface area contributed by atoms with E-state index in [1.807, 2.05) is 0 Å². The molecule has 0 radical (unpaired) electrons. The van der Waals surface area contributed by atoms with Gasteiger partial charge in [-0.15, -0.1) is 0 Å². The van der Waals surface area contributed by atoms with Gasteiger partial charge in [0.05, 0.1) is 17.1 Å². The molecule has 6 nitrogen and oxygen atoms in total. The third-order valence-corrected chi connectivity index (χ3v) is 2.31. The standard InChI is InChI=1S/C10H8ClNO5/c1-17-10(14)5-9(13)7-3-2-6(12(15)16)4-8(7)11/h2-4H,5H2,1H3. The summed E-state index contributed by atoms with van der Waals surface area (Å²) < 4.78 is 4.33. The largest absolute Gasteiger partial charge is 0.469 e. The molecular formula is C10H8ClNO5. The number of carbonyl (C=O) groups is 2. The number of ketones is 1. The topological polar surface area (TPSA) is 86.5 Å². The number of nitro groups is 1. The zero-order chi connectivity index (χ0) is 13.0. The van der Waals surface area contributed by atoms with Crippen molar-refractivity contribution in [2.45, 2.75) is 6.42 Å². The first-order valence-electron chi connectivity index (χ1n) is 4.49. The molecule has 0 bridgehead atoms. The van der Waals surface area contributed by atoms with Gasteiger partial charge in [-0.25, -0.2) is 0 Å². The van der Waals surface area contributed by atoms with Crippen molar-refractivity contribution >= 4 is 29.0 Å². The molecule has 17 heavy (non-hydrogen) atoms. The van der Waals surface area contributed by atoms with Crippen LogP contribution in [-0.2, 0) is 9.53 Å². The van der Waals surface area contributed by atoms with Crippen LogP contribution < -0.4 is 0 Å². The lowest BCUT2D eigenvalue weighted by molar-refractivity contribution is -0.384.